The van der Waals surface area contributed by atoms with E-state index in [0.717, 1.165) is 0 Å². The van der Waals surface area contributed by atoms with Gasteiger partial charge in [0.1, 0.15) is 23.5 Å². The number of benzene rings is 1. The summed E-state index contributed by atoms with van der Waals surface area (Å²) in [5, 5.41) is 26.3. The van der Waals surface area contributed by atoms with Gasteiger partial charge in [0.15, 0.2) is 0 Å². The third kappa shape index (κ3) is 1.49. The normalized spacial score (nSPS) is 8.60. The molecule has 1 rings (SSSR count). The monoisotopic (exact) mass is 183 g/mol. The van der Waals surface area contributed by atoms with Gasteiger partial charge < -0.3 is 0 Å². The van der Waals surface area contributed by atoms with Gasteiger partial charge in [-0.1, -0.05) is 16.4 Å². The molecule has 0 saturated carbocycles. The van der Waals surface area contributed by atoms with Crippen molar-refractivity contribution in [3.05, 3.63) is 16.7 Å². The molecule has 0 N–H and O–H groups in total. The zero-order valence-electron chi connectivity index (χ0n) is 7.57. The Balaban J connectivity index is 3.88. The molecule has 0 fully saturated rings. The number of nitriles is 3. The first-order chi connectivity index (χ1) is 7.08. The highest BCUT2D eigenvalue weighted by Crippen LogP contribution is 1.98. The van der Waals surface area contributed by atoms with E-state index in [4.69, 9.17) is 39.3 Å². The standard InChI is InChI=1S/C9B3N3/c10-7-4(1-13)8(11)6(3-15)9(12)5(7)2-14. The van der Waals surface area contributed by atoms with Crippen molar-refractivity contribution in [1.82, 2.24) is 0 Å². The van der Waals surface area contributed by atoms with Crippen LogP contribution in [0.25, 0.3) is 0 Å². The molecule has 0 atom stereocenters. The van der Waals surface area contributed by atoms with Gasteiger partial charge in [-0.05, 0) is 0 Å². The van der Waals surface area contributed by atoms with Crippen molar-refractivity contribution >= 4 is 39.9 Å². The molecule has 0 aliphatic carbocycles. The molecular weight excluding hydrogens is 183 g/mol. The molecule has 0 aromatic heterocycles. The van der Waals surface area contributed by atoms with Gasteiger partial charge in [-0.25, -0.2) is 0 Å². The van der Waals surface area contributed by atoms with Crippen LogP contribution < -0.4 is 16.4 Å². The van der Waals surface area contributed by atoms with Gasteiger partial charge in [0.2, 0.25) is 0 Å². The number of rotatable bonds is 0. The lowest BCUT2D eigenvalue weighted by Crippen LogP contribution is -2.36. The molecule has 0 unspecified atom stereocenters. The SMILES string of the molecule is [B]c1c(C#N)c([B])c(C#N)c([B])c1C#N. The number of hydrogen-bond acceptors (Lipinski definition) is 3. The van der Waals surface area contributed by atoms with Gasteiger partial charge >= 0.3 is 0 Å². The average Bonchev–Trinajstić information content (AvgIpc) is 2.19. The van der Waals surface area contributed by atoms with Crippen molar-refractivity contribution in [1.29, 1.82) is 15.8 Å². The van der Waals surface area contributed by atoms with Crippen molar-refractivity contribution < 1.29 is 0 Å². The lowest BCUT2D eigenvalue weighted by Gasteiger charge is -2.11. The van der Waals surface area contributed by atoms with E-state index in [0.29, 0.717) is 0 Å². The molecule has 0 heterocycles. The first-order valence-electron chi connectivity index (χ1n) is 3.79. The molecule has 3 nitrogen and oxygen atoms in total. The summed E-state index contributed by atoms with van der Waals surface area (Å²) in [4.78, 5) is 0. The van der Waals surface area contributed by atoms with Crippen LogP contribution in [0.4, 0.5) is 0 Å². The quantitative estimate of drug-likeness (QED) is 0.423. The average molecular weight is 183 g/mol. The van der Waals surface area contributed by atoms with Crippen LogP contribution in [0.15, 0.2) is 0 Å². The van der Waals surface area contributed by atoms with E-state index in [1.807, 2.05) is 0 Å². The minimum absolute atomic E-state index is 0.0858. The highest BCUT2D eigenvalue weighted by atomic mass is 14.3. The molecule has 60 valence electrons. The third-order valence-corrected chi connectivity index (χ3v) is 1.95. The van der Waals surface area contributed by atoms with E-state index >= 15 is 0 Å². The third-order valence-electron chi connectivity index (χ3n) is 1.95. The first-order valence-corrected chi connectivity index (χ1v) is 3.79. The van der Waals surface area contributed by atoms with Gasteiger partial charge in [-0.15, -0.1) is 0 Å². The van der Waals surface area contributed by atoms with Crippen molar-refractivity contribution in [2.45, 2.75) is 0 Å². The molecular formula is C9B3N3. The summed E-state index contributed by atoms with van der Waals surface area (Å²) in [6.07, 6.45) is 0. The van der Waals surface area contributed by atoms with Crippen molar-refractivity contribution in [2.75, 3.05) is 0 Å². The van der Waals surface area contributed by atoms with E-state index in [-0.39, 0.29) is 33.1 Å². The van der Waals surface area contributed by atoms with Crippen LogP contribution >= 0.6 is 0 Å². The van der Waals surface area contributed by atoms with Crippen LogP contribution in [0.1, 0.15) is 16.7 Å². The Hall–Kier alpha value is -2.12. The summed E-state index contributed by atoms with van der Waals surface area (Å²) < 4.78 is 0. The fraction of sp³-hybridized carbons (Fsp3) is 0. The van der Waals surface area contributed by atoms with Crippen LogP contribution in [0.3, 0.4) is 0 Å². The Bertz CT molecular complexity index is 456. The Morgan fingerprint density at radius 3 is 0.933 bits per heavy atom. The minimum atomic E-state index is -0.0889. The highest BCUT2D eigenvalue weighted by Gasteiger charge is 2.14. The topological polar surface area (TPSA) is 71.4 Å². The van der Waals surface area contributed by atoms with Gasteiger partial charge in [-0.3, -0.25) is 0 Å². The van der Waals surface area contributed by atoms with Gasteiger partial charge in [-0.2, -0.15) is 15.8 Å². The highest BCUT2D eigenvalue weighted by molar-refractivity contribution is 6.48. The minimum Gasteiger partial charge on any atom is -0.192 e. The summed E-state index contributed by atoms with van der Waals surface area (Å²) in [6.45, 7) is 0. The van der Waals surface area contributed by atoms with Gasteiger partial charge in [0, 0.05) is 16.7 Å². The lowest BCUT2D eigenvalue weighted by atomic mass is 9.69. The molecule has 15 heavy (non-hydrogen) atoms. The summed E-state index contributed by atoms with van der Waals surface area (Å²) in [6, 6.07) is 5.20. The van der Waals surface area contributed by atoms with Gasteiger partial charge in [0.05, 0.1) is 18.2 Å². The Morgan fingerprint density at radius 2 is 0.800 bits per heavy atom. The molecule has 1 aromatic carbocycles. The molecule has 6 radical (unpaired) electrons. The van der Waals surface area contributed by atoms with Gasteiger partial charge in [0.25, 0.3) is 0 Å². The first kappa shape index (κ1) is 11.0. The molecule has 0 spiro atoms. The van der Waals surface area contributed by atoms with Crippen LogP contribution in [-0.4, -0.2) is 23.5 Å². The van der Waals surface area contributed by atoms with Crippen molar-refractivity contribution in [3.8, 4) is 18.2 Å². The molecule has 0 saturated heterocycles. The molecule has 6 heteroatoms. The summed E-state index contributed by atoms with van der Waals surface area (Å²) >= 11 is 0. The van der Waals surface area contributed by atoms with E-state index < -0.39 is 0 Å². The molecule has 0 aliphatic rings. The predicted molar refractivity (Wildman–Crippen MR) is 56.8 cm³/mol. The molecule has 0 aliphatic heterocycles. The largest absolute Gasteiger partial charge is 0.192 e. The molecule has 1 aromatic rings. The lowest BCUT2D eigenvalue weighted by molar-refractivity contribution is 1.47. The van der Waals surface area contributed by atoms with Crippen molar-refractivity contribution in [3.63, 3.8) is 0 Å². The maximum Gasteiger partial charge on any atom is 0.117 e. The summed E-state index contributed by atoms with van der Waals surface area (Å²) in [5.41, 5.74) is -0.524. The fourth-order valence-corrected chi connectivity index (χ4v) is 1.17. The van der Waals surface area contributed by atoms with E-state index in [9.17, 15) is 0 Å². The second-order valence-electron chi connectivity index (χ2n) is 2.70. The van der Waals surface area contributed by atoms with Crippen LogP contribution in [0.2, 0.25) is 0 Å². The zero-order valence-corrected chi connectivity index (χ0v) is 7.57. The van der Waals surface area contributed by atoms with Crippen LogP contribution in [-0.2, 0) is 0 Å². The Labute approximate surface area is 91.2 Å². The number of nitrogens with zero attached hydrogens (tertiary/aromatic N) is 3. The number of hydrogen-bond donors (Lipinski definition) is 0. The predicted octanol–water partition coefficient (Wildman–Crippen LogP) is -2.32. The molecule has 0 amide bonds. The summed E-state index contributed by atoms with van der Waals surface area (Å²) in [5.74, 6) is 0. The van der Waals surface area contributed by atoms with E-state index in [2.05, 4.69) is 0 Å². The maximum atomic E-state index is 8.76. The maximum absolute atomic E-state index is 8.76. The zero-order chi connectivity index (χ0) is 11.6. The van der Waals surface area contributed by atoms with Crippen LogP contribution in [0.5, 0.6) is 0 Å². The molecule has 0 bridgehead atoms. The Kier molecular flexibility index (Phi) is 2.89. The second kappa shape index (κ2) is 3.95. The van der Waals surface area contributed by atoms with E-state index in [1.54, 1.807) is 18.2 Å². The van der Waals surface area contributed by atoms with Crippen molar-refractivity contribution in [2.24, 2.45) is 0 Å². The Morgan fingerprint density at radius 1 is 0.600 bits per heavy atom. The second-order valence-corrected chi connectivity index (χ2v) is 2.70. The fourth-order valence-electron chi connectivity index (χ4n) is 1.17. The summed E-state index contributed by atoms with van der Waals surface area (Å²) in [7, 11) is 16.5. The van der Waals surface area contributed by atoms with Crippen LogP contribution in [0, 0.1) is 34.0 Å². The smallest absolute Gasteiger partial charge is 0.117 e. The van der Waals surface area contributed by atoms with E-state index in [1.165, 1.54) is 0 Å².